The van der Waals surface area contributed by atoms with Crippen molar-refractivity contribution in [2.45, 2.75) is 58.1 Å². The maximum Gasteiger partial charge on any atom is 0.407 e. The molecule has 0 unspecified atom stereocenters. The summed E-state index contributed by atoms with van der Waals surface area (Å²) in [6, 6.07) is -0.120. The van der Waals surface area contributed by atoms with E-state index in [-0.39, 0.29) is 17.9 Å². The predicted molar refractivity (Wildman–Crippen MR) is 79.8 cm³/mol. The standard InChI is InChI=1S/C16H26N2O4/c1-16(2,3)22-15(20)17-13-11-6-5-10(9-11)12(13)14(19)18-7-4-8-21-18/h10-13H,4-9H2,1-3H3,(H,17,20)/t10-,11-,12-,13+/m0/s1. The highest BCUT2D eigenvalue weighted by molar-refractivity contribution is 5.81. The predicted octanol–water partition coefficient (Wildman–Crippen LogP) is 2.09. The van der Waals surface area contributed by atoms with Gasteiger partial charge in [-0.25, -0.2) is 9.86 Å². The number of nitrogens with one attached hydrogen (secondary N) is 1. The molecular formula is C16H26N2O4. The van der Waals surface area contributed by atoms with Crippen LogP contribution in [0.4, 0.5) is 4.79 Å². The highest BCUT2D eigenvalue weighted by Crippen LogP contribution is 2.49. The van der Waals surface area contributed by atoms with Crippen LogP contribution in [0, 0.1) is 17.8 Å². The molecule has 2 bridgehead atoms. The third-order valence-electron chi connectivity index (χ3n) is 4.88. The van der Waals surface area contributed by atoms with Gasteiger partial charge in [0.2, 0.25) is 0 Å². The van der Waals surface area contributed by atoms with Crippen LogP contribution < -0.4 is 5.32 Å². The normalized spacial score (nSPS) is 34.0. The van der Waals surface area contributed by atoms with Gasteiger partial charge in [-0.2, -0.15) is 0 Å². The Balaban J connectivity index is 1.68. The highest BCUT2D eigenvalue weighted by atomic mass is 16.7. The van der Waals surface area contributed by atoms with Gasteiger partial charge in [-0.15, -0.1) is 0 Å². The van der Waals surface area contributed by atoms with E-state index >= 15 is 0 Å². The molecule has 1 N–H and O–H groups in total. The number of alkyl carbamates (subject to hydrolysis) is 1. The molecule has 3 fully saturated rings. The maximum atomic E-state index is 12.7. The monoisotopic (exact) mass is 310 g/mol. The van der Waals surface area contributed by atoms with Gasteiger partial charge in [0.15, 0.2) is 0 Å². The van der Waals surface area contributed by atoms with Gasteiger partial charge < -0.3 is 10.1 Å². The number of hydrogen-bond donors (Lipinski definition) is 1. The van der Waals surface area contributed by atoms with Gasteiger partial charge in [0.1, 0.15) is 5.60 Å². The minimum Gasteiger partial charge on any atom is -0.444 e. The van der Waals surface area contributed by atoms with Gasteiger partial charge >= 0.3 is 6.09 Å². The molecule has 6 heteroatoms. The van der Waals surface area contributed by atoms with Crippen LogP contribution in [0.25, 0.3) is 0 Å². The third kappa shape index (κ3) is 3.07. The zero-order valence-electron chi connectivity index (χ0n) is 13.6. The molecule has 2 aliphatic carbocycles. The Kier molecular flexibility index (Phi) is 4.05. The number of nitrogens with zero attached hydrogens (tertiary/aromatic N) is 1. The first-order valence-electron chi connectivity index (χ1n) is 8.29. The molecule has 4 atom stereocenters. The number of amides is 2. The molecule has 2 saturated carbocycles. The summed E-state index contributed by atoms with van der Waals surface area (Å²) in [6.07, 6.45) is 3.63. The van der Waals surface area contributed by atoms with Gasteiger partial charge in [0.25, 0.3) is 5.91 Å². The van der Waals surface area contributed by atoms with E-state index in [1.54, 1.807) is 0 Å². The summed E-state index contributed by atoms with van der Waals surface area (Å²) in [6.45, 7) is 6.79. The van der Waals surface area contributed by atoms with E-state index in [4.69, 9.17) is 9.57 Å². The molecule has 2 amide bonds. The van der Waals surface area contributed by atoms with Crippen molar-refractivity contribution < 1.29 is 19.2 Å². The maximum absolute atomic E-state index is 12.7. The molecule has 3 rings (SSSR count). The fraction of sp³-hybridized carbons (Fsp3) is 0.875. The average molecular weight is 310 g/mol. The van der Waals surface area contributed by atoms with Crippen LogP contribution in [-0.2, 0) is 14.4 Å². The Bertz CT molecular complexity index is 454. The molecule has 0 aromatic rings. The summed E-state index contributed by atoms with van der Waals surface area (Å²) in [5.41, 5.74) is -0.529. The van der Waals surface area contributed by atoms with Crippen LogP contribution in [0.1, 0.15) is 46.5 Å². The molecular weight excluding hydrogens is 284 g/mol. The molecule has 0 aromatic heterocycles. The molecule has 22 heavy (non-hydrogen) atoms. The van der Waals surface area contributed by atoms with Gasteiger partial charge in [0, 0.05) is 6.04 Å². The fourth-order valence-corrected chi connectivity index (χ4v) is 4.09. The number of hydrogen-bond acceptors (Lipinski definition) is 4. The average Bonchev–Trinajstić information content (AvgIpc) is 3.12. The first-order valence-corrected chi connectivity index (χ1v) is 8.29. The Hall–Kier alpha value is -1.30. The number of hydroxylamine groups is 2. The number of ether oxygens (including phenoxy) is 1. The van der Waals surface area contributed by atoms with Crippen LogP contribution in [0.3, 0.4) is 0 Å². The summed E-state index contributed by atoms with van der Waals surface area (Å²) >= 11 is 0. The van der Waals surface area contributed by atoms with E-state index in [0.717, 1.165) is 25.7 Å². The summed E-state index contributed by atoms with van der Waals surface area (Å²) in [7, 11) is 0. The van der Waals surface area contributed by atoms with E-state index in [9.17, 15) is 9.59 Å². The smallest absolute Gasteiger partial charge is 0.407 e. The molecule has 124 valence electrons. The van der Waals surface area contributed by atoms with Crippen molar-refractivity contribution in [3.05, 3.63) is 0 Å². The minimum absolute atomic E-state index is 0.0331. The molecule has 1 saturated heterocycles. The van der Waals surface area contributed by atoms with E-state index in [1.165, 1.54) is 5.06 Å². The van der Waals surface area contributed by atoms with Crippen LogP contribution >= 0.6 is 0 Å². The zero-order chi connectivity index (χ0) is 15.9. The second-order valence-corrected chi connectivity index (χ2v) is 7.66. The van der Waals surface area contributed by atoms with Crippen molar-refractivity contribution in [3.8, 4) is 0 Å². The largest absolute Gasteiger partial charge is 0.444 e. The van der Waals surface area contributed by atoms with Crippen molar-refractivity contribution in [1.82, 2.24) is 10.4 Å². The van der Waals surface area contributed by atoms with Gasteiger partial charge in [-0.1, -0.05) is 0 Å². The molecule has 0 radical (unpaired) electrons. The lowest BCUT2D eigenvalue weighted by Gasteiger charge is -2.33. The van der Waals surface area contributed by atoms with Crippen LogP contribution in [0.2, 0.25) is 0 Å². The van der Waals surface area contributed by atoms with E-state index in [0.29, 0.717) is 25.0 Å². The first-order chi connectivity index (χ1) is 10.3. The van der Waals surface area contributed by atoms with E-state index in [1.807, 2.05) is 20.8 Å². The Labute approximate surface area is 131 Å². The van der Waals surface area contributed by atoms with E-state index in [2.05, 4.69) is 5.32 Å². The van der Waals surface area contributed by atoms with Gasteiger partial charge in [0.05, 0.1) is 19.1 Å². The van der Waals surface area contributed by atoms with Crippen LogP contribution in [-0.4, -0.2) is 41.9 Å². The number of carbonyl (C=O) groups is 2. The molecule has 6 nitrogen and oxygen atoms in total. The second-order valence-electron chi connectivity index (χ2n) is 7.66. The number of carbonyl (C=O) groups excluding carboxylic acids is 2. The van der Waals surface area contributed by atoms with Crippen molar-refractivity contribution >= 4 is 12.0 Å². The summed E-state index contributed by atoms with van der Waals surface area (Å²) in [4.78, 5) is 30.2. The summed E-state index contributed by atoms with van der Waals surface area (Å²) in [5, 5.41) is 4.45. The quantitative estimate of drug-likeness (QED) is 0.848. The Morgan fingerprint density at radius 1 is 1.23 bits per heavy atom. The lowest BCUT2D eigenvalue weighted by Crippen LogP contribution is -2.51. The van der Waals surface area contributed by atoms with Crippen LogP contribution in [0.5, 0.6) is 0 Å². The topological polar surface area (TPSA) is 67.9 Å². The van der Waals surface area contributed by atoms with Crippen molar-refractivity contribution in [3.63, 3.8) is 0 Å². The van der Waals surface area contributed by atoms with Crippen molar-refractivity contribution in [1.29, 1.82) is 0 Å². The summed E-state index contributed by atoms with van der Waals surface area (Å²) < 4.78 is 5.35. The fourth-order valence-electron chi connectivity index (χ4n) is 4.09. The van der Waals surface area contributed by atoms with E-state index < -0.39 is 11.7 Å². The molecule has 1 heterocycles. The number of rotatable bonds is 2. The Morgan fingerprint density at radius 3 is 2.59 bits per heavy atom. The molecule has 0 aromatic carbocycles. The molecule has 0 spiro atoms. The van der Waals surface area contributed by atoms with Crippen molar-refractivity contribution in [2.24, 2.45) is 17.8 Å². The SMILES string of the molecule is CC(C)(C)OC(=O)N[C@@H]1[C@H]2CC[C@@H](C2)[C@@H]1C(=O)N1CCCO1. The number of fused-ring (bicyclic) bond motifs is 2. The first kappa shape index (κ1) is 15.6. The molecule has 3 aliphatic rings. The molecule has 1 aliphatic heterocycles. The Morgan fingerprint density at radius 2 is 1.95 bits per heavy atom. The summed E-state index contributed by atoms with van der Waals surface area (Å²) in [5.74, 6) is 0.617. The highest BCUT2D eigenvalue weighted by Gasteiger charge is 2.53. The second kappa shape index (κ2) is 5.72. The minimum atomic E-state index is -0.529. The zero-order valence-corrected chi connectivity index (χ0v) is 13.6. The lowest BCUT2D eigenvalue weighted by atomic mass is 9.83. The van der Waals surface area contributed by atoms with Crippen LogP contribution in [0.15, 0.2) is 0 Å². The van der Waals surface area contributed by atoms with Gasteiger partial charge in [-0.05, 0) is 58.3 Å². The third-order valence-corrected chi connectivity index (χ3v) is 4.88. The van der Waals surface area contributed by atoms with Gasteiger partial charge in [-0.3, -0.25) is 9.63 Å². The lowest BCUT2D eigenvalue weighted by molar-refractivity contribution is -0.176. The van der Waals surface area contributed by atoms with Crippen molar-refractivity contribution in [2.75, 3.05) is 13.2 Å².